The smallest absolute Gasteiger partial charge is 0.303 e. The molecule has 0 spiro atoms. The van der Waals surface area contributed by atoms with E-state index in [9.17, 15) is 9.59 Å². The number of carboxylic acid groups (broad SMARTS) is 1. The molecule has 2 aromatic carbocycles. The lowest BCUT2D eigenvalue weighted by Gasteiger charge is -2.20. The van der Waals surface area contributed by atoms with E-state index in [1.807, 2.05) is 36.4 Å². The van der Waals surface area contributed by atoms with Crippen LogP contribution in [0.3, 0.4) is 0 Å². The Bertz CT molecular complexity index is 845. The van der Waals surface area contributed by atoms with E-state index in [1.165, 1.54) is 0 Å². The third kappa shape index (κ3) is 6.79. The Morgan fingerprint density at radius 3 is 2.47 bits per heavy atom. The molecular weight excluding hydrogens is 382 g/mol. The van der Waals surface area contributed by atoms with Crippen LogP contribution in [0.15, 0.2) is 48.5 Å². The SMILES string of the molecule is CN(Cc1ccccc1OCCCCCC(=O)O)C(=O)c1ccc(OC2CC2)cc1. The lowest BCUT2D eigenvalue weighted by atomic mass is 10.1. The fourth-order valence-corrected chi connectivity index (χ4v) is 3.11. The van der Waals surface area contributed by atoms with Gasteiger partial charge in [-0.15, -0.1) is 0 Å². The number of aliphatic carboxylic acids is 1. The highest BCUT2D eigenvalue weighted by molar-refractivity contribution is 5.94. The first-order valence-corrected chi connectivity index (χ1v) is 10.5. The van der Waals surface area contributed by atoms with E-state index < -0.39 is 5.97 Å². The maximum atomic E-state index is 12.8. The van der Waals surface area contributed by atoms with Crippen molar-refractivity contribution in [3.05, 3.63) is 59.7 Å². The monoisotopic (exact) mass is 411 g/mol. The standard InChI is InChI=1S/C24H29NO5/c1-25(24(28)18-10-12-20(13-11-18)30-21-14-15-21)17-19-7-4-5-8-22(19)29-16-6-2-3-9-23(26)27/h4-5,7-8,10-13,21H,2-3,6,9,14-17H2,1H3,(H,26,27). The first-order valence-electron chi connectivity index (χ1n) is 10.5. The van der Waals surface area contributed by atoms with Crippen LogP contribution in [-0.4, -0.2) is 41.6 Å². The van der Waals surface area contributed by atoms with Gasteiger partial charge in [0, 0.05) is 31.1 Å². The lowest BCUT2D eigenvalue weighted by Crippen LogP contribution is -2.26. The van der Waals surface area contributed by atoms with Gasteiger partial charge in [-0.1, -0.05) is 18.2 Å². The van der Waals surface area contributed by atoms with E-state index in [2.05, 4.69) is 0 Å². The number of amides is 1. The molecule has 1 amide bonds. The summed E-state index contributed by atoms with van der Waals surface area (Å²) in [4.78, 5) is 25.0. The number of rotatable bonds is 12. The number of hydrogen-bond acceptors (Lipinski definition) is 4. The summed E-state index contributed by atoms with van der Waals surface area (Å²) in [5.41, 5.74) is 1.56. The molecule has 0 saturated heterocycles. The van der Waals surface area contributed by atoms with Crippen molar-refractivity contribution in [3.8, 4) is 11.5 Å². The molecule has 2 aromatic rings. The average molecular weight is 411 g/mol. The minimum absolute atomic E-state index is 0.0588. The molecule has 160 valence electrons. The first-order chi connectivity index (χ1) is 14.5. The van der Waals surface area contributed by atoms with Crippen molar-refractivity contribution in [2.24, 2.45) is 0 Å². The van der Waals surface area contributed by atoms with Crippen molar-refractivity contribution in [2.75, 3.05) is 13.7 Å². The minimum Gasteiger partial charge on any atom is -0.493 e. The summed E-state index contributed by atoms with van der Waals surface area (Å²) in [6, 6.07) is 15.0. The van der Waals surface area contributed by atoms with E-state index in [-0.39, 0.29) is 12.3 Å². The maximum Gasteiger partial charge on any atom is 0.303 e. The Hall–Kier alpha value is -3.02. The van der Waals surface area contributed by atoms with Gasteiger partial charge in [0.05, 0.1) is 12.7 Å². The molecule has 0 bridgehead atoms. The summed E-state index contributed by atoms with van der Waals surface area (Å²) in [5.74, 6) is 0.734. The van der Waals surface area contributed by atoms with Gasteiger partial charge in [0.15, 0.2) is 0 Å². The van der Waals surface area contributed by atoms with Crippen LogP contribution in [0.5, 0.6) is 11.5 Å². The molecule has 3 rings (SSSR count). The Kier molecular flexibility index (Phi) is 7.71. The molecule has 1 aliphatic rings. The highest BCUT2D eigenvalue weighted by Gasteiger charge is 2.23. The van der Waals surface area contributed by atoms with E-state index in [0.29, 0.717) is 31.2 Å². The lowest BCUT2D eigenvalue weighted by molar-refractivity contribution is -0.137. The van der Waals surface area contributed by atoms with Gasteiger partial charge in [-0.3, -0.25) is 9.59 Å². The Labute approximate surface area is 177 Å². The molecule has 6 heteroatoms. The van der Waals surface area contributed by atoms with Crippen LogP contribution in [0.2, 0.25) is 0 Å². The molecule has 1 fully saturated rings. The molecule has 0 heterocycles. The van der Waals surface area contributed by atoms with E-state index in [4.69, 9.17) is 14.6 Å². The van der Waals surface area contributed by atoms with Crippen molar-refractivity contribution < 1.29 is 24.2 Å². The molecule has 30 heavy (non-hydrogen) atoms. The van der Waals surface area contributed by atoms with E-state index in [1.54, 1.807) is 24.1 Å². The molecule has 1 aliphatic carbocycles. The fraction of sp³-hybridized carbons (Fsp3) is 0.417. The Balaban J connectivity index is 1.50. The van der Waals surface area contributed by atoms with Crippen molar-refractivity contribution >= 4 is 11.9 Å². The molecule has 0 aliphatic heterocycles. The summed E-state index contributed by atoms with van der Waals surface area (Å²) in [5, 5.41) is 8.68. The topological polar surface area (TPSA) is 76.1 Å². The Morgan fingerprint density at radius 2 is 1.77 bits per heavy atom. The zero-order valence-corrected chi connectivity index (χ0v) is 17.4. The zero-order valence-electron chi connectivity index (χ0n) is 17.4. The molecule has 0 unspecified atom stereocenters. The molecular formula is C24H29NO5. The second-order valence-corrected chi connectivity index (χ2v) is 7.66. The van der Waals surface area contributed by atoms with Gasteiger partial charge in [-0.05, 0) is 62.4 Å². The summed E-state index contributed by atoms with van der Waals surface area (Å²) < 4.78 is 11.6. The second-order valence-electron chi connectivity index (χ2n) is 7.66. The minimum atomic E-state index is -0.765. The van der Waals surface area contributed by atoms with Crippen molar-refractivity contribution in [3.63, 3.8) is 0 Å². The molecule has 0 radical (unpaired) electrons. The fourth-order valence-electron chi connectivity index (χ4n) is 3.11. The predicted molar refractivity (Wildman–Crippen MR) is 114 cm³/mol. The van der Waals surface area contributed by atoms with E-state index >= 15 is 0 Å². The van der Waals surface area contributed by atoms with Crippen molar-refractivity contribution in [1.82, 2.24) is 4.90 Å². The summed E-state index contributed by atoms with van der Waals surface area (Å²) in [7, 11) is 1.78. The maximum absolute atomic E-state index is 12.8. The van der Waals surface area contributed by atoms with Crippen LogP contribution in [-0.2, 0) is 11.3 Å². The highest BCUT2D eigenvalue weighted by Crippen LogP contribution is 2.27. The van der Waals surface area contributed by atoms with Gasteiger partial charge in [0.25, 0.3) is 5.91 Å². The highest BCUT2D eigenvalue weighted by atomic mass is 16.5. The number of nitrogens with zero attached hydrogens (tertiary/aromatic N) is 1. The number of carbonyl (C=O) groups excluding carboxylic acids is 1. The number of carbonyl (C=O) groups is 2. The van der Waals surface area contributed by atoms with Gasteiger partial charge < -0.3 is 19.5 Å². The van der Waals surface area contributed by atoms with Crippen LogP contribution in [0.25, 0.3) is 0 Å². The number of ether oxygens (including phenoxy) is 2. The Morgan fingerprint density at radius 1 is 1.03 bits per heavy atom. The number of hydrogen-bond donors (Lipinski definition) is 1. The number of carboxylic acids is 1. The normalized spacial score (nSPS) is 13.0. The number of unbranched alkanes of at least 4 members (excludes halogenated alkanes) is 2. The summed E-state index contributed by atoms with van der Waals surface area (Å²) >= 11 is 0. The number of para-hydroxylation sites is 1. The largest absolute Gasteiger partial charge is 0.493 e. The van der Waals surface area contributed by atoms with Gasteiger partial charge >= 0.3 is 5.97 Å². The van der Waals surface area contributed by atoms with Gasteiger partial charge in [0.2, 0.25) is 0 Å². The third-order valence-corrected chi connectivity index (χ3v) is 4.95. The van der Waals surface area contributed by atoms with Crippen LogP contribution < -0.4 is 9.47 Å². The summed E-state index contributed by atoms with van der Waals surface area (Å²) in [6.07, 6.45) is 5.00. The van der Waals surface area contributed by atoms with Gasteiger partial charge in [0.1, 0.15) is 11.5 Å². The average Bonchev–Trinajstić information content (AvgIpc) is 3.55. The summed E-state index contributed by atoms with van der Waals surface area (Å²) in [6.45, 7) is 0.963. The quantitative estimate of drug-likeness (QED) is 0.520. The van der Waals surface area contributed by atoms with Gasteiger partial charge in [-0.25, -0.2) is 0 Å². The molecule has 1 N–H and O–H groups in total. The van der Waals surface area contributed by atoms with Crippen molar-refractivity contribution in [2.45, 2.75) is 51.2 Å². The van der Waals surface area contributed by atoms with E-state index in [0.717, 1.165) is 42.7 Å². The predicted octanol–water partition coefficient (Wildman–Crippen LogP) is 4.52. The molecule has 1 saturated carbocycles. The van der Waals surface area contributed by atoms with Crippen LogP contribution in [0.1, 0.15) is 54.4 Å². The zero-order chi connectivity index (χ0) is 21.3. The van der Waals surface area contributed by atoms with Crippen LogP contribution in [0, 0.1) is 0 Å². The van der Waals surface area contributed by atoms with Gasteiger partial charge in [-0.2, -0.15) is 0 Å². The third-order valence-electron chi connectivity index (χ3n) is 4.95. The second kappa shape index (κ2) is 10.7. The van der Waals surface area contributed by atoms with Crippen LogP contribution in [0.4, 0.5) is 0 Å². The first kappa shape index (κ1) is 21.7. The van der Waals surface area contributed by atoms with Crippen molar-refractivity contribution in [1.29, 1.82) is 0 Å². The molecule has 0 atom stereocenters. The number of benzene rings is 2. The molecule has 6 nitrogen and oxygen atoms in total. The van der Waals surface area contributed by atoms with Crippen LogP contribution >= 0.6 is 0 Å². The molecule has 0 aromatic heterocycles.